The Morgan fingerprint density at radius 2 is 1.50 bits per heavy atom. The van der Waals surface area contributed by atoms with E-state index < -0.39 is 39.7 Å². The van der Waals surface area contributed by atoms with Gasteiger partial charge in [0.25, 0.3) is 0 Å². The summed E-state index contributed by atoms with van der Waals surface area (Å²) in [5.41, 5.74) is -0.910. The van der Waals surface area contributed by atoms with Crippen molar-refractivity contribution in [2.75, 3.05) is 6.61 Å². The van der Waals surface area contributed by atoms with Crippen LogP contribution in [-0.4, -0.2) is 37.1 Å². The number of hydrogen-bond donors (Lipinski definition) is 0. The molecule has 0 fully saturated rings. The van der Waals surface area contributed by atoms with E-state index in [1.165, 1.54) is 20.8 Å². The second-order valence-corrected chi connectivity index (χ2v) is 6.26. The van der Waals surface area contributed by atoms with Gasteiger partial charge in [-0.25, -0.2) is 8.42 Å². The normalized spacial score (nSPS) is 16.7. The minimum Gasteiger partial charge on any atom is -0.743 e. The van der Waals surface area contributed by atoms with Crippen molar-refractivity contribution in [3.63, 3.8) is 0 Å². The van der Waals surface area contributed by atoms with E-state index in [0.29, 0.717) is 0 Å². The van der Waals surface area contributed by atoms with Crippen molar-refractivity contribution in [3.05, 3.63) is 0 Å². The van der Waals surface area contributed by atoms with Gasteiger partial charge in [0, 0.05) is 0 Å². The Balaban J connectivity index is 5.29. The molecule has 0 radical (unpaired) electrons. The van der Waals surface area contributed by atoms with Crippen molar-refractivity contribution in [3.8, 4) is 0 Å². The molecular weight excluding hydrogens is 287 g/mol. The maximum absolute atomic E-state index is 12.9. The van der Waals surface area contributed by atoms with E-state index in [4.69, 9.17) is 0 Å². The molecule has 1 unspecified atom stereocenters. The largest absolute Gasteiger partial charge is 0.743 e. The molecule has 0 aromatic heterocycles. The zero-order valence-electron chi connectivity index (χ0n) is 9.72. The number of halogens is 5. The highest BCUT2D eigenvalue weighted by Gasteiger charge is 2.61. The van der Waals surface area contributed by atoms with Gasteiger partial charge in [-0.05, 0) is 5.41 Å². The molecule has 10 heteroatoms. The highest BCUT2D eigenvalue weighted by Crippen LogP contribution is 2.38. The first-order chi connectivity index (χ1) is 7.59. The molecule has 18 heavy (non-hydrogen) atoms. The Morgan fingerprint density at radius 1 is 1.11 bits per heavy atom. The summed E-state index contributed by atoms with van der Waals surface area (Å²) < 4.78 is 97.2. The molecule has 0 saturated carbocycles. The Bertz CT molecular complexity index is 381. The van der Waals surface area contributed by atoms with E-state index in [-0.39, 0.29) is 0 Å². The van der Waals surface area contributed by atoms with E-state index in [9.17, 15) is 34.9 Å². The number of hydrogen-bond acceptors (Lipinski definition) is 4. The molecule has 0 bridgehead atoms. The van der Waals surface area contributed by atoms with Gasteiger partial charge in [-0.2, -0.15) is 22.0 Å². The van der Waals surface area contributed by atoms with Gasteiger partial charge < -0.3 is 9.29 Å². The van der Waals surface area contributed by atoms with Gasteiger partial charge in [-0.3, -0.25) is 0 Å². The molecule has 0 saturated heterocycles. The van der Waals surface area contributed by atoms with Crippen molar-refractivity contribution >= 4 is 10.1 Å². The summed E-state index contributed by atoms with van der Waals surface area (Å²) in [7, 11) is -6.48. The predicted molar refractivity (Wildman–Crippen MR) is 49.9 cm³/mol. The van der Waals surface area contributed by atoms with Crippen LogP contribution in [0.15, 0.2) is 0 Å². The molecule has 110 valence electrons. The lowest BCUT2D eigenvalue weighted by atomic mass is 9.98. The second kappa shape index (κ2) is 4.89. The van der Waals surface area contributed by atoms with Crippen molar-refractivity contribution in [2.45, 2.75) is 38.3 Å². The Hall–Kier alpha value is -0.480. The maximum atomic E-state index is 12.9. The molecule has 0 aliphatic carbocycles. The molecule has 0 rings (SSSR count). The van der Waals surface area contributed by atoms with Gasteiger partial charge in [0.15, 0.2) is 10.1 Å². The van der Waals surface area contributed by atoms with Crippen molar-refractivity contribution in [1.82, 2.24) is 0 Å². The molecule has 0 heterocycles. The lowest BCUT2D eigenvalue weighted by Gasteiger charge is -2.32. The highest BCUT2D eigenvalue weighted by molar-refractivity contribution is 7.86. The van der Waals surface area contributed by atoms with Crippen LogP contribution in [0.25, 0.3) is 0 Å². The van der Waals surface area contributed by atoms with Crippen molar-refractivity contribution in [1.29, 1.82) is 0 Å². The Labute approximate surface area is 101 Å². The summed E-state index contributed by atoms with van der Waals surface area (Å²) in [6.07, 6.45) is -9.65. The SMILES string of the molecule is CC(C)(C)COC(C(F)(F)F)C(F)(F)S(=O)(=O)[O-]. The summed E-state index contributed by atoms with van der Waals surface area (Å²) in [6.45, 7) is 3.39. The minimum atomic E-state index is -6.48. The van der Waals surface area contributed by atoms with Gasteiger partial charge in [0.05, 0.1) is 6.61 Å². The van der Waals surface area contributed by atoms with Crippen molar-refractivity contribution < 1.29 is 39.7 Å². The third-order valence-electron chi connectivity index (χ3n) is 1.62. The first-order valence-corrected chi connectivity index (χ1v) is 6.01. The summed E-state index contributed by atoms with van der Waals surface area (Å²) >= 11 is 0. The van der Waals surface area contributed by atoms with Crippen LogP contribution in [0.1, 0.15) is 20.8 Å². The lowest BCUT2D eigenvalue weighted by molar-refractivity contribution is -0.269. The first-order valence-electron chi connectivity index (χ1n) is 4.60. The van der Waals surface area contributed by atoms with Crippen LogP contribution in [0.2, 0.25) is 0 Å². The fraction of sp³-hybridized carbons (Fsp3) is 1.00. The maximum Gasteiger partial charge on any atom is 0.421 e. The van der Waals surface area contributed by atoms with Crippen LogP contribution < -0.4 is 0 Å². The van der Waals surface area contributed by atoms with E-state index in [0.717, 1.165) is 0 Å². The minimum absolute atomic E-state index is 0.789. The molecular formula is C8H12F5O4S-. The van der Waals surface area contributed by atoms with Crippen LogP contribution in [0.5, 0.6) is 0 Å². The molecule has 0 N–H and O–H groups in total. The molecule has 0 aromatic carbocycles. The average molecular weight is 299 g/mol. The van der Waals surface area contributed by atoms with Crippen LogP contribution in [0.3, 0.4) is 0 Å². The lowest BCUT2D eigenvalue weighted by Crippen LogP contribution is -2.52. The third-order valence-corrected chi connectivity index (χ3v) is 2.50. The average Bonchev–Trinajstić information content (AvgIpc) is 1.95. The second-order valence-electron chi connectivity index (χ2n) is 4.81. The van der Waals surface area contributed by atoms with Gasteiger partial charge in [0.2, 0.25) is 6.10 Å². The monoisotopic (exact) mass is 299 g/mol. The molecule has 4 nitrogen and oxygen atoms in total. The third kappa shape index (κ3) is 4.65. The zero-order chi connectivity index (χ0) is 15.0. The van der Waals surface area contributed by atoms with Gasteiger partial charge in [0.1, 0.15) is 0 Å². The highest BCUT2D eigenvalue weighted by atomic mass is 32.2. The molecule has 0 aliphatic heterocycles. The molecule has 0 spiro atoms. The van der Waals surface area contributed by atoms with E-state index >= 15 is 0 Å². The van der Waals surface area contributed by atoms with Gasteiger partial charge >= 0.3 is 11.4 Å². The fourth-order valence-corrected chi connectivity index (χ4v) is 1.31. The quantitative estimate of drug-likeness (QED) is 0.589. The summed E-state index contributed by atoms with van der Waals surface area (Å²) in [5.74, 6) is 0. The van der Waals surface area contributed by atoms with E-state index in [1.807, 2.05) is 0 Å². The summed E-state index contributed by atoms with van der Waals surface area (Å²) in [6, 6.07) is 0. The molecule has 0 amide bonds. The number of alkyl halides is 5. The topological polar surface area (TPSA) is 66.4 Å². The number of rotatable bonds is 4. The smallest absolute Gasteiger partial charge is 0.421 e. The summed E-state index contributed by atoms with van der Waals surface area (Å²) in [4.78, 5) is 0. The van der Waals surface area contributed by atoms with E-state index in [1.54, 1.807) is 0 Å². The van der Waals surface area contributed by atoms with Crippen LogP contribution >= 0.6 is 0 Å². The van der Waals surface area contributed by atoms with Crippen LogP contribution in [-0.2, 0) is 14.9 Å². The molecule has 0 aliphatic rings. The number of ether oxygens (including phenoxy) is 1. The predicted octanol–water partition coefficient (Wildman–Crippen LogP) is 2.12. The van der Waals surface area contributed by atoms with E-state index in [2.05, 4.69) is 4.74 Å². The first kappa shape index (κ1) is 17.5. The Kier molecular flexibility index (Phi) is 4.76. The standard InChI is InChI=1S/C8H13F5O4S/c1-6(2,3)4-17-5(7(9,10)11)8(12,13)18(14,15)16/h5H,4H2,1-3H3,(H,14,15,16)/p-1. The molecule has 0 aromatic rings. The van der Waals surface area contributed by atoms with Crippen LogP contribution in [0.4, 0.5) is 22.0 Å². The van der Waals surface area contributed by atoms with Gasteiger partial charge in [-0.1, -0.05) is 20.8 Å². The fourth-order valence-electron chi connectivity index (χ4n) is 0.846. The zero-order valence-corrected chi connectivity index (χ0v) is 10.5. The Morgan fingerprint density at radius 3 is 1.72 bits per heavy atom. The van der Waals surface area contributed by atoms with Gasteiger partial charge in [-0.15, -0.1) is 0 Å². The summed E-state index contributed by atoms with van der Waals surface area (Å²) in [5, 5.41) is -5.57. The van der Waals surface area contributed by atoms with Crippen molar-refractivity contribution in [2.24, 2.45) is 5.41 Å². The van der Waals surface area contributed by atoms with Crippen LogP contribution in [0, 0.1) is 5.41 Å². The molecule has 1 atom stereocenters.